The van der Waals surface area contributed by atoms with Crippen molar-refractivity contribution in [3.8, 4) is 11.3 Å². The lowest BCUT2D eigenvalue weighted by atomic mass is 10.1. The molecule has 3 heterocycles. The highest BCUT2D eigenvalue weighted by molar-refractivity contribution is 5.92. The van der Waals surface area contributed by atoms with Gasteiger partial charge in [0.1, 0.15) is 0 Å². The van der Waals surface area contributed by atoms with Gasteiger partial charge in [-0.3, -0.25) is 14.6 Å². The summed E-state index contributed by atoms with van der Waals surface area (Å²) in [6.45, 7) is 1.92. The molecule has 0 aliphatic carbocycles. The summed E-state index contributed by atoms with van der Waals surface area (Å²) in [5.74, 6) is 0. The Hall–Kier alpha value is -2.30. The van der Waals surface area contributed by atoms with Gasteiger partial charge in [0.05, 0.1) is 35.5 Å². The standard InChI is InChI=1S/C12H11N5/c1-8-3-13-6-11(16-8)9-4-14-7-12-10(9)5-15-17(12)2/h3-7H,1-2H3. The molecule has 17 heavy (non-hydrogen) atoms. The average Bonchev–Trinajstić information content (AvgIpc) is 2.71. The van der Waals surface area contributed by atoms with E-state index in [1.54, 1.807) is 29.5 Å². The number of hydrogen-bond donors (Lipinski definition) is 0. The van der Waals surface area contributed by atoms with Gasteiger partial charge in [-0.2, -0.15) is 5.10 Å². The summed E-state index contributed by atoms with van der Waals surface area (Å²) >= 11 is 0. The molecule has 0 fully saturated rings. The summed E-state index contributed by atoms with van der Waals surface area (Å²) in [6, 6.07) is 0. The van der Waals surface area contributed by atoms with Gasteiger partial charge < -0.3 is 0 Å². The van der Waals surface area contributed by atoms with Crippen molar-refractivity contribution in [2.24, 2.45) is 7.05 Å². The van der Waals surface area contributed by atoms with E-state index in [0.717, 1.165) is 27.9 Å². The maximum absolute atomic E-state index is 4.46. The van der Waals surface area contributed by atoms with E-state index in [1.807, 2.05) is 20.2 Å². The van der Waals surface area contributed by atoms with E-state index in [4.69, 9.17) is 0 Å². The summed E-state index contributed by atoms with van der Waals surface area (Å²) in [5, 5.41) is 5.28. The van der Waals surface area contributed by atoms with Gasteiger partial charge in [-0.1, -0.05) is 0 Å². The van der Waals surface area contributed by atoms with Crippen LogP contribution in [0.1, 0.15) is 5.69 Å². The molecule has 0 bridgehead atoms. The molecule has 0 saturated heterocycles. The highest BCUT2D eigenvalue weighted by Crippen LogP contribution is 2.25. The van der Waals surface area contributed by atoms with Crippen LogP contribution in [0.4, 0.5) is 0 Å². The fourth-order valence-electron chi connectivity index (χ4n) is 1.86. The smallest absolute Gasteiger partial charge is 0.0911 e. The van der Waals surface area contributed by atoms with Gasteiger partial charge in [0.25, 0.3) is 0 Å². The monoisotopic (exact) mass is 225 g/mol. The highest BCUT2D eigenvalue weighted by atomic mass is 15.2. The normalized spacial score (nSPS) is 10.9. The lowest BCUT2D eigenvalue weighted by Crippen LogP contribution is -1.92. The Labute approximate surface area is 98.2 Å². The third-order valence-electron chi connectivity index (χ3n) is 2.71. The minimum atomic E-state index is 0.830. The molecule has 3 aromatic rings. The molecule has 0 N–H and O–H groups in total. The Morgan fingerprint density at radius 3 is 2.65 bits per heavy atom. The second kappa shape index (κ2) is 3.62. The third-order valence-corrected chi connectivity index (χ3v) is 2.71. The average molecular weight is 225 g/mol. The number of fused-ring (bicyclic) bond motifs is 1. The number of rotatable bonds is 1. The molecule has 3 aromatic heterocycles. The van der Waals surface area contributed by atoms with Gasteiger partial charge in [-0.05, 0) is 6.92 Å². The number of aromatic nitrogens is 5. The molecule has 5 nitrogen and oxygen atoms in total. The molecule has 0 aliphatic heterocycles. The van der Waals surface area contributed by atoms with E-state index in [-0.39, 0.29) is 0 Å². The zero-order valence-corrected chi connectivity index (χ0v) is 9.62. The minimum Gasteiger partial charge on any atom is -0.266 e. The molecular weight excluding hydrogens is 214 g/mol. The zero-order valence-electron chi connectivity index (χ0n) is 9.62. The van der Waals surface area contributed by atoms with Crippen LogP contribution < -0.4 is 0 Å². The second-order valence-corrected chi connectivity index (χ2v) is 3.93. The van der Waals surface area contributed by atoms with E-state index in [1.165, 1.54) is 0 Å². The molecule has 0 radical (unpaired) electrons. The van der Waals surface area contributed by atoms with Crippen molar-refractivity contribution in [2.75, 3.05) is 0 Å². The van der Waals surface area contributed by atoms with Gasteiger partial charge in [0.15, 0.2) is 0 Å². The Morgan fingerprint density at radius 2 is 1.82 bits per heavy atom. The van der Waals surface area contributed by atoms with Crippen LogP contribution in [0.25, 0.3) is 22.2 Å². The highest BCUT2D eigenvalue weighted by Gasteiger charge is 2.09. The Balaban J connectivity index is 2.30. The van der Waals surface area contributed by atoms with Crippen molar-refractivity contribution >= 4 is 10.9 Å². The van der Waals surface area contributed by atoms with E-state index < -0.39 is 0 Å². The molecule has 3 rings (SSSR count). The van der Waals surface area contributed by atoms with Gasteiger partial charge in [-0.25, -0.2) is 4.98 Å². The van der Waals surface area contributed by atoms with E-state index in [9.17, 15) is 0 Å². The van der Waals surface area contributed by atoms with Crippen LogP contribution in [0, 0.1) is 6.92 Å². The fraction of sp³-hybridized carbons (Fsp3) is 0.167. The molecule has 0 atom stereocenters. The first-order valence-electron chi connectivity index (χ1n) is 5.30. The van der Waals surface area contributed by atoms with E-state index in [2.05, 4.69) is 20.1 Å². The Morgan fingerprint density at radius 1 is 1.00 bits per heavy atom. The van der Waals surface area contributed by atoms with E-state index >= 15 is 0 Å². The molecular formula is C12H11N5. The van der Waals surface area contributed by atoms with Gasteiger partial charge in [0.2, 0.25) is 0 Å². The van der Waals surface area contributed by atoms with Crippen molar-refractivity contribution in [1.29, 1.82) is 0 Å². The predicted octanol–water partition coefficient (Wildman–Crippen LogP) is 1.73. The van der Waals surface area contributed by atoms with Crippen molar-refractivity contribution in [2.45, 2.75) is 6.92 Å². The number of aryl methyl sites for hydroxylation is 2. The summed E-state index contributed by atoms with van der Waals surface area (Å²) < 4.78 is 1.80. The quantitative estimate of drug-likeness (QED) is 0.633. The lowest BCUT2D eigenvalue weighted by Gasteiger charge is -2.02. The molecule has 0 unspecified atom stereocenters. The zero-order chi connectivity index (χ0) is 11.8. The second-order valence-electron chi connectivity index (χ2n) is 3.93. The molecule has 0 saturated carbocycles. The summed E-state index contributed by atoms with van der Waals surface area (Å²) in [5.41, 5.74) is 3.68. The lowest BCUT2D eigenvalue weighted by molar-refractivity contribution is 0.795. The van der Waals surface area contributed by atoms with Crippen LogP contribution in [0.15, 0.2) is 31.0 Å². The predicted molar refractivity (Wildman–Crippen MR) is 64.3 cm³/mol. The van der Waals surface area contributed by atoms with Crippen LogP contribution >= 0.6 is 0 Å². The SMILES string of the molecule is Cc1cncc(-c2cncc3c2cnn3C)n1. The molecule has 0 spiro atoms. The van der Waals surface area contributed by atoms with Gasteiger partial charge >= 0.3 is 0 Å². The van der Waals surface area contributed by atoms with Crippen molar-refractivity contribution in [3.63, 3.8) is 0 Å². The first-order chi connectivity index (χ1) is 8.25. The molecule has 5 heteroatoms. The summed E-state index contributed by atoms with van der Waals surface area (Å²) in [6.07, 6.45) is 8.91. The van der Waals surface area contributed by atoms with Crippen LogP contribution in [0.3, 0.4) is 0 Å². The fourth-order valence-corrected chi connectivity index (χ4v) is 1.86. The molecule has 0 aliphatic rings. The molecule has 0 aromatic carbocycles. The first kappa shape index (κ1) is 9.89. The topological polar surface area (TPSA) is 56.5 Å². The number of hydrogen-bond acceptors (Lipinski definition) is 4. The van der Waals surface area contributed by atoms with E-state index in [0.29, 0.717) is 0 Å². The molecule has 84 valence electrons. The van der Waals surface area contributed by atoms with Crippen LogP contribution in [0.5, 0.6) is 0 Å². The first-order valence-corrected chi connectivity index (χ1v) is 5.30. The number of pyridine rings is 1. The minimum absolute atomic E-state index is 0.830. The van der Waals surface area contributed by atoms with Crippen LogP contribution in [-0.4, -0.2) is 24.7 Å². The maximum atomic E-state index is 4.46. The maximum Gasteiger partial charge on any atom is 0.0911 e. The number of nitrogens with zero attached hydrogens (tertiary/aromatic N) is 5. The van der Waals surface area contributed by atoms with Crippen LogP contribution in [-0.2, 0) is 7.05 Å². The largest absolute Gasteiger partial charge is 0.266 e. The summed E-state index contributed by atoms with van der Waals surface area (Å²) in [4.78, 5) is 12.8. The van der Waals surface area contributed by atoms with Crippen molar-refractivity contribution in [1.82, 2.24) is 24.7 Å². The van der Waals surface area contributed by atoms with Crippen molar-refractivity contribution < 1.29 is 0 Å². The van der Waals surface area contributed by atoms with Gasteiger partial charge in [-0.15, -0.1) is 0 Å². The van der Waals surface area contributed by atoms with Crippen molar-refractivity contribution in [3.05, 3.63) is 36.7 Å². The Bertz CT molecular complexity index is 686. The van der Waals surface area contributed by atoms with Gasteiger partial charge in [0, 0.05) is 30.4 Å². The molecule has 0 amide bonds. The Kier molecular flexibility index (Phi) is 2.11. The third kappa shape index (κ3) is 1.56. The van der Waals surface area contributed by atoms with Crippen LogP contribution in [0.2, 0.25) is 0 Å². The summed E-state index contributed by atoms with van der Waals surface area (Å²) in [7, 11) is 1.90.